The van der Waals surface area contributed by atoms with Crippen molar-refractivity contribution >= 4 is 47.8 Å². The van der Waals surface area contributed by atoms with Gasteiger partial charge in [-0.05, 0) is 12.8 Å². The molecule has 1 atom stereocenters. The average molecular weight is 505 g/mol. The third kappa shape index (κ3) is 19.5. The first-order valence-electron chi connectivity index (χ1n) is 9.59. The van der Waals surface area contributed by atoms with E-state index in [2.05, 4.69) is 54.7 Å². The van der Waals surface area contributed by atoms with Gasteiger partial charge in [0, 0.05) is 4.83 Å². The third-order valence-corrected chi connectivity index (χ3v) is 5.88. The van der Waals surface area contributed by atoms with Crippen LogP contribution >= 0.6 is 47.8 Å². The van der Waals surface area contributed by atoms with E-state index in [9.17, 15) is 0 Å². The minimum atomic E-state index is 0.455. The number of hydrogen-bond donors (Lipinski definition) is 0. The summed E-state index contributed by atoms with van der Waals surface area (Å²) in [4.78, 5) is 0.661. The summed E-state index contributed by atoms with van der Waals surface area (Å²) < 4.78 is 0.455. The van der Waals surface area contributed by atoms with Gasteiger partial charge in [-0.1, -0.05) is 145 Å². The Bertz CT molecular complexity index is 207. The van der Waals surface area contributed by atoms with E-state index in [1.165, 1.54) is 103 Å². The van der Waals surface area contributed by atoms with Gasteiger partial charge in [-0.25, -0.2) is 0 Å². The van der Waals surface area contributed by atoms with E-state index < -0.39 is 0 Å². The molecule has 0 aromatic carbocycles. The zero-order valence-electron chi connectivity index (χ0n) is 14.6. The average Bonchev–Trinajstić information content (AvgIpc) is 2.47. The van der Waals surface area contributed by atoms with Crippen molar-refractivity contribution in [1.82, 2.24) is 0 Å². The topological polar surface area (TPSA) is 0 Å². The summed E-state index contributed by atoms with van der Waals surface area (Å²) in [7, 11) is 0. The molecule has 0 aromatic rings. The number of unbranched alkanes of at least 4 members (excludes halogenated alkanes) is 13. The molecule has 0 amide bonds. The molecule has 0 nitrogen and oxygen atoms in total. The van der Waals surface area contributed by atoms with Crippen LogP contribution < -0.4 is 0 Å². The lowest BCUT2D eigenvalue weighted by Crippen LogP contribution is -2.02. The van der Waals surface area contributed by atoms with E-state index in [0.717, 1.165) is 0 Å². The van der Waals surface area contributed by atoms with Crippen LogP contribution in [0.2, 0.25) is 0 Å². The normalized spacial score (nSPS) is 13.0. The van der Waals surface area contributed by atoms with Crippen LogP contribution in [0.3, 0.4) is 0 Å². The predicted octanol–water partition coefficient (Wildman–Crippen LogP) is 9.13. The summed E-state index contributed by atoms with van der Waals surface area (Å²) >= 11 is 10.8. The standard InChI is InChI=1S/C19H37Br3/c1-2-3-4-5-6-7-8-9-10-11-12-13-14-15-16-18(20)17-19(21)22/h18-19H,2-17H2,1H3. The van der Waals surface area contributed by atoms with Crippen molar-refractivity contribution in [2.24, 2.45) is 0 Å². The molecule has 1 unspecified atom stereocenters. The quantitative estimate of drug-likeness (QED) is 0.137. The zero-order valence-corrected chi connectivity index (χ0v) is 19.4. The lowest BCUT2D eigenvalue weighted by molar-refractivity contribution is 0.530. The first-order valence-corrected chi connectivity index (χ1v) is 12.3. The van der Waals surface area contributed by atoms with Crippen LogP contribution in [0.25, 0.3) is 0 Å². The van der Waals surface area contributed by atoms with Gasteiger partial charge < -0.3 is 0 Å². The van der Waals surface area contributed by atoms with E-state index in [1.54, 1.807) is 0 Å². The second-order valence-electron chi connectivity index (χ2n) is 6.61. The second-order valence-corrected chi connectivity index (χ2v) is 11.3. The maximum Gasteiger partial charge on any atom is 0.0708 e. The molecule has 22 heavy (non-hydrogen) atoms. The van der Waals surface area contributed by atoms with Gasteiger partial charge in [0.2, 0.25) is 0 Å². The van der Waals surface area contributed by atoms with Gasteiger partial charge in [-0.2, -0.15) is 0 Å². The van der Waals surface area contributed by atoms with Crippen molar-refractivity contribution in [3.63, 3.8) is 0 Å². The molecule has 0 fully saturated rings. The Balaban J connectivity index is 3.05. The molecule has 0 radical (unpaired) electrons. The SMILES string of the molecule is CCCCCCCCCCCCCCCCC(Br)CC(Br)Br. The van der Waals surface area contributed by atoms with Crippen molar-refractivity contribution in [1.29, 1.82) is 0 Å². The lowest BCUT2D eigenvalue weighted by Gasteiger charge is -2.10. The Morgan fingerprint density at radius 3 is 1.27 bits per heavy atom. The van der Waals surface area contributed by atoms with Gasteiger partial charge in [0.05, 0.1) is 3.74 Å². The molecule has 0 heterocycles. The molecule has 134 valence electrons. The summed E-state index contributed by atoms with van der Waals surface area (Å²) in [5.41, 5.74) is 0. The highest BCUT2D eigenvalue weighted by atomic mass is 79.9. The van der Waals surface area contributed by atoms with Crippen molar-refractivity contribution < 1.29 is 0 Å². The molecule has 0 aromatic heterocycles. The molecular weight excluding hydrogens is 468 g/mol. The van der Waals surface area contributed by atoms with Gasteiger partial charge in [0.25, 0.3) is 0 Å². The summed E-state index contributed by atoms with van der Waals surface area (Å²) in [5, 5.41) is 0. The molecular formula is C19H37Br3. The minimum absolute atomic E-state index is 0.455. The molecule has 0 aliphatic rings. The molecule has 0 N–H and O–H groups in total. The smallest absolute Gasteiger partial charge is 0.0708 e. The first kappa shape index (κ1) is 23.4. The zero-order chi connectivity index (χ0) is 16.5. The van der Waals surface area contributed by atoms with Crippen LogP contribution in [0.1, 0.15) is 110 Å². The third-order valence-electron chi connectivity index (χ3n) is 4.30. The van der Waals surface area contributed by atoms with E-state index >= 15 is 0 Å². The Labute approximate surface area is 165 Å². The summed E-state index contributed by atoms with van der Waals surface area (Å²) in [6.45, 7) is 2.29. The molecule has 0 bridgehead atoms. The fraction of sp³-hybridized carbons (Fsp3) is 1.00. The van der Waals surface area contributed by atoms with Crippen molar-refractivity contribution in [2.45, 2.75) is 118 Å². The van der Waals surface area contributed by atoms with E-state index in [0.29, 0.717) is 8.56 Å². The Morgan fingerprint density at radius 1 is 0.545 bits per heavy atom. The Morgan fingerprint density at radius 2 is 0.909 bits per heavy atom. The molecule has 0 aliphatic heterocycles. The molecule has 3 heteroatoms. The fourth-order valence-corrected chi connectivity index (χ4v) is 5.47. The summed E-state index contributed by atoms with van der Waals surface area (Å²) in [5.74, 6) is 0. The largest absolute Gasteiger partial charge is 0.0890 e. The maximum atomic E-state index is 3.76. The van der Waals surface area contributed by atoms with Crippen molar-refractivity contribution in [2.75, 3.05) is 0 Å². The predicted molar refractivity (Wildman–Crippen MR) is 114 cm³/mol. The molecule has 0 saturated heterocycles. The molecule has 0 rings (SSSR count). The lowest BCUT2D eigenvalue weighted by atomic mass is 10.0. The number of hydrogen-bond acceptors (Lipinski definition) is 0. The van der Waals surface area contributed by atoms with Crippen LogP contribution in [0.4, 0.5) is 0 Å². The van der Waals surface area contributed by atoms with Gasteiger partial charge in [0.15, 0.2) is 0 Å². The van der Waals surface area contributed by atoms with Gasteiger partial charge in [-0.3, -0.25) is 0 Å². The summed E-state index contributed by atoms with van der Waals surface area (Å²) in [6, 6.07) is 0. The van der Waals surface area contributed by atoms with Crippen LogP contribution in [0, 0.1) is 0 Å². The van der Waals surface area contributed by atoms with Gasteiger partial charge in [-0.15, -0.1) is 0 Å². The first-order chi connectivity index (χ1) is 10.7. The number of halogens is 3. The van der Waals surface area contributed by atoms with Crippen molar-refractivity contribution in [3.8, 4) is 0 Å². The second kappa shape index (κ2) is 18.8. The van der Waals surface area contributed by atoms with Crippen LogP contribution in [-0.2, 0) is 0 Å². The minimum Gasteiger partial charge on any atom is -0.0890 e. The van der Waals surface area contributed by atoms with E-state index in [1.807, 2.05) is 0 Å². The molecule has 0 saturated carbocycles. The van der Waals surface area contributed by atoms with E-state index in [4.69, 9.17) is 0 Å². The maximum absolute atomic E-state index is 3.76. The highest BCUT2D eigenvalue weighted by molar-refractivity contribution is 9.24. The molecule has 0 spiro atoms. The van der Waals surface area contributed by atoms with E-state index in [-0.39, 0.29) is 0 Å². The van der Waals surface area contributed by atoms with Crippen LogP contribution in [0.15, 0.2) is 0 Å². The summed E-state index contributed by atoms with van der Waals surface area (Å²) in [6.07, 6.45) is 22.7. The van der Waals surface area contributed by atoms with Crippen molar-refractivity contribution in [3.05, 3.63) is 0 Å². The monoisotopic (exact) mass is 502 g/mol. The fourth-order valence-electron chi connectivity index (χ4n) is 2.87. The van der Waals surface area contributed by atoms with Gasteiger partial charge in [0.1, 0.15) is 0 Å². The highest BCUT2D eigenvalue weighted by Crippen LogP contribution is 2.23. The van der Waals surface area contributed by atoms with Gasteiger partial charge >= 0.3 is 0 Å². The molecule has 0 aliphatic carbocycles. The van der Waals surface area contributed by atoms with Crippen LogP contribution in [0.5, 0.6) is 0 Å². The highest BCUT2D eigenvalue weighted by Gasteiger charge is 2.08. The Hall–Kier alpha value is 1.44. The number of rotatable bonds is 17. The van der Waals surface area contributed by atoms with Crippen LogP contribution in [-0.4, -0.2) is 8.56 Å². The number of alkyl halides is 3. The Kier molecular flexibility index (Phi) is 20.0.